The van der Waals surface area contributed by atoms with Crippen LogP contribution in [0.15, 0.2) is 136 Å². The minimum Gasteiger partial charge on any atom is -0.508 e. The van der Waals surface area contributed by atoms with Crippen molar-refractivity contribution in [2.75, 3.05) is 85.0 Å². The molecule has 4 N–H and O–H groups in total. The SMILES string of the molecule is C.Oc1cc(N2CCCC2)ccc1Cc1ccc(N2CCCC2)cc1O.Oc1cccc(Br)c1.Oc1cccc(N2CCCC2)c1.c1cc(=[N+]2CCCC2)cc2oc3cc(N4CCCC4)ccc3cc1-2. The molecule has 0 unspecified atom stereocenters. The number of fused-ring (bicyclic) bond motifs is 2. The molecule has 5 fully saturated rings. The second kappa shape index (κ2) is 24.0. The van der Waals surface area contributed by atoms with Crippen molar-refractivity contribution >= 4 is 49.6 Å². The Hall–Kier alpha value is -6.33. The Morgan fingerprint density at radius 2 is 0.929 bits per heavy atom. The zero-order chi connectivity index (χ0) is 47.5. The number of nitrogens with zero attached hydrogens (tertiary/aromatic N) is 5. The van der Waals surface area contributed by atoms with E-state index in [1.165, 1.54) is 86.2 Å². The Balaban J connectivity index is 0.000000136. The molecule has 11 heteroatoms. The van der Waals surface area contributed by atoms with Crippen LogP contribution in [0.3, 0.4) is 0 Å². The average Bonchev–Trinajstić information content (AvgIpc) is 4.22. The zero-order valence-corrected chi connectivity index (χ0v) is 41.4. The van der Waals surface area contributed by atoms with E-state index in [1.54, 1.807) is 24.3 Å². The third-order valence-electron chi connectivity index (χ3n) is 14.0. The highest BCUT2D eigenvalue weighted by Gasteiger charge is 2.19. The molecule has 0 amide bonds. The van der Waals surface area contributed by atoms with E-state index in [0.717, 1.165) is 109 Å². The van der Waals surface area contributed by atoms with Gasteiger partial charge in [0, 0.05) is 140 Å². The summed E-state index contributed by atoms with van der Waals surface area (Å²) in [6.45, 7) is 11.2. The van der Waals surface area contributed by atoms with Crippen LogP contribution in [0.1, 0.15) is 82.8 Å². The molecule has 7 aliphatic rings. The molecule has 6 heterocycles. The summed E-state index contributed by atoms with van der Waals surface area (Å²) in [7, 11) is 0. The second-order valence-electron chi connectivity index (χ2n) is 19.0. The molecule has 5 aromatic carbocycles. The highest BCUT2D eigenvalue weighted by molar-refractivity contribution is 9.10. The molecule has 12 rings (SSSR count). The molecule has 10 nitrogen and oxygen atoms in total. The van der Waals surface area contributed by atoms with E-state index < -0.39 is 0 Å². The van der Waals surface area contributed by atoms with Crippen LogP contribution in [0.25, 0.3) is 22.3 Å². The maximum Gasteiger partial charge on any atom is 0.203 e. The van der Waals surface area contributed by atoms with Crippen LogP contribution in [0.4, 0.5) is 22.7 Å². The number of hydrogen-bond donors (Lipinski definition) is 4. The minimum atomic E-state index is 0. The molecule has 0 spiro atoms. The van der Waals surface area contributed by atoms with Gasteiger partial charge in [-0.1, -0.05) is 47.6 Å². The Morgan fingerprint density at radius 3 is 1.40 bits per heavy atom. The fourth-order valence-corrected chi connectivity index (χ4v) is 10.6. The summed E-state index contributed by atoms with van der Waals surface area (Å²) in [5.41, 5.74) is 8.50. The van der Waals surface area contributed by atoms with Crippen LogP contribution in [0.2, 0.25) is 0 Å². The Labute approximate surface area is 422 Å². The maximum absolute atomic E-state index is 10.4. The minimum absolute atomic E-state index is 0. The number of phenols is 4. The first-order valence-corrected chi connectivity index (χ1v) is 25.9. The fraction of sp³-hybridized carbons (Fsp3) is 0.373. The van der Waals surface area contributed by atoms with Crippen LogP contribution in [-0.4, -0.2) is 85.9 Å². The van der Waals surface area contributed by atoms with E-state index >= 15 is 0 Å². The first-order chi connectivity index (χ1) is 33.7. The summed E-state index contributed by atoms with van der Waals surface area (Å²) in [5, 5.41) is 41.3. The van der Waals surface area contributed by atoms with Crippen LogP contribution >= 0.6 is 15.9 Å². The molecule has 0 bridgehead atoms. The van der Waals surface area contributed by atoms with Gasteiger partial charge in [0.05, 0.1) is 6.07 Å². The summed E-state index contributed by atoms with van der Waals surface area (Å²) >= 11 is 3.20. The monoisotopic (exact) mass is 1010 g/mol. The topological polar surface area (TPSA) is 110 Å². The molecule has 0 radical (unpaired) electrons. The third-order valence-corrected chi connectivity index (χ3v) is 14.5. The molecule has 5 saturated heterocycles. The van der Waals surface area contributed by atoms with Gasteiger partial charge in [0.1, 0.15) is 47.4 Å². The molecule has 1 aliphatic carbocycles. The summed E-state index contributed by atoms with van der Waals surface area (Å²) in [6.07, 6.45) is 13.2. The van der Waals surface area contributed by atoms with Gasteiger partial charge in [-0.05, 0) is 129 Å². The summed E-state index contributed by atoms with van der Waals surface area (Å²) in [5.74, 6) is 2.27. The quantitative estimate of drug-likeness (QED) is 0.0956. The van der Waals surface area contributed by atoms with Crippen LogP contribution in [-0.2, 0) is 6.42 Å². The Morgan fingerprint density at radius 1 is 0.457 bits per heavy atom. The highest BCUT2D eigenvalue weighted by atomic mass is 79.9. The molecule has 0 aromatic heterocycles. The van der Waals surface area contributed by atoms with E-state index in [1.807, 2.05) is 48.5 Å². The number of halogens is 1. The van der Waals surface area contributed by atoms with Crippen molar-refractivity contribution in [3.63, 3.8) is 0 Å². The van der Waals surface area contributed by atoms with E-state index in [0.29, 0.717) is 29.4 Å². The fourth-order valence-electron chi connectivity index (χ4n) is 10.2. The molecule has 0 saturated carbocycles. The second-order valence-corrected chi connectivity index (χ2v) is 19.9. The Kier molecular flexibility index (Phi) is 17.2. The molecule has 0 atom stereocenters. The number of hydrogen-bond acceptors (Lipinski definition) is 9. The number of anilines is 4. The van der Waals surface area contributed by atoms with Crippen LogP contribution in [0, 0.1) is 0 Å². The Bertz CT molecular complexity index is 2750. The van der Waals surface area contributed by atoms with Gasteiger partial charge < -0.3 is 44.4 Å². The standard InChI is InChI=1S/C21H26N2O2.C21H23N2O.C10H13NO.C6H5BrO.CH4/c24-20-14-18(22-9-1-2-10-22)7-5-16(20)13-17-6-8-19(15-21(17)25)23-11-3-4-12-23;1-2-10-22(9-1)18-7-5-16-13-17-6-8-19(23-11-3-4-12-23)15-21(17)24-20(16)14-18;12-10-5-3-4-9(8-10)11-6-1-2-7-11;7-5-2-1-3-6(8)4-5;/h5-8,14-15,24-25H,1-4,9-13H2;5-8,13-15H,1-4,9-12H2;3-5,8,12H,1-2,6-7H2;1-4,8H;1H4/q;+1;;;. The molecule has 70 heavy (non-hydrogen) atoms. The average molecular weight is 1010 g/mol. The molecule has 5 aromatic rings. The molecular formula is C59H71BrN5O5+. The molecule has 6 aliphatic heterocycles. The smallest absolute Gasteiger partial charge is 0.203 e. The van der Waals surface area contributed by atoms with Crippen molar-refractivity contribution in [3.8, 4) is 34.3 Å². The lowest BCUT2D eigenvalue weighted by Gasteiger charge is -2.20. The van der Waals surface area contributed by atoms with Crippen molar-refractivity contribution in [3.05, 3.63) is 148 Å². The predicted molar refractivity (Wildman–Crippen MR) is 293 cm³/mol. The van der Waals surface area contributed by atoms with E-state index in [9.17, 15) is 15.3 Å². The van der Waals surface area contributed by atoms with Gasteiger partial charge in [0.2, 0.25) is 5.36 Å². The van der Waals surface area contributed by atoms with Gasteiger partial charge >= 0.3 is 0 Å². The number of aromatic hydroxyl groups is 4. The van der Waals surface area contributed by atoms with E-state index in [-0.39, 0.29) is 7.43 Å². The first-order valence-electron chi connectivity index (χ1n) is 25.2. The van der Waals surface area contributed by atoms with Crippen molar-refractivity contribution < 1.29 is 24.8 Å². The lowest BCUT2D eigenvalue weighted by atomic mass is 10.0. The summed E-state index contributed by atoms with van der Waals surface area (Å²) in [4.78, 5) is 9.39. The normalized spacial score (nSPS) is 16.4. The first kappa shape index (κ1) is 50.1. The molecule has 368 valence electrons. The van der Waals surface area contributed by atoms with Gasteiger partial charge in [-0.3, -0.25) is 0 Å². The predicted octanol–water partition coefficient (Wildman–Crippen LogP) is 12.4. The van der Waals surface area contributed by atoms with Crippen molar-refractivity contribution in [2.24, 2.45) is 0 Å². The van der Waals surface area contributed by atoms with Crippen molar-refractivity contribution in [2.45, 2.75) is 78.1 Å². The van der Waals surface area contributed by atoms with Crippen molar-refractivity contribution in [1.29, 1.82) is 0 Å². The lowest BCUT2D eigenvalue weighted by Crippen LogP contribution is -2.26. The summed E-state index contributed by atoms with van der Waals surface area (Å²) in [6, 6.07) is 41.7. The third kappa shape index (κ3) is 12.9. The van der Waals surface area contributed by atoms with E-state index in [4.69, 9.17) is 9.52 Å². The summed E-state index contributed by atoms with van der Waals surface area (Å²) < 4.78 is 9.65. The molecular weight excluding hydrogens is 939 g/mol. The van der Waals surface area contributed by atoms with Gasteiger partial charge in [0.25, 0.3) is 0 Å². The van der Waals surface area contributed by atoms with Gasteiger partial charge in [0.15, 0.2) is 0 Å². The van der Waals surface area contributed by atoms with Crippen molar-refractivity contribution in [1.82, 2.24) is 4.58 Å². The van der Waals surface area contributed by atoms with Crippen LogP contribution < -0.4 is 29.5 Å². The zero-order valence-electron chi connectivity index (χ0n) is 39.8. The van der Waals surface area contributed by atoms with Gasteiger partial charge in [-0.15, -0.1) is 0 Å². The van der Waals surface area contributed by atoms with E-state index in [2.05, 4.69) is 94.7 Å². The number of phenolic OH excluding ortho intramolecular Hbond substituents is 4. The number of benzene rings is 6. The van der Waals surface area contributed by atoms with Gasteiger partial charge in [-0.25, -0.2) is 4.58 Å². The highest BCUT2D eigenvalue weighted by Crippen LogP contribution is 2.34. The van der Waals surface area contributed by atoms with Gasteiger partial charge in [-0.2, -0.15) is 0 Å². The lowest BCUT2D eigenvalue weighted by molar-refractivity contribution is 0.463. The maximum atomic E-state index is 10.4. The van der Waals surface area contributed by atoms with Crippen LogP contribution in [0.5, 0.6) is 23.0 Å². The number of rotatable bonds is 6. The largest absolute Gasteiger partial charge is 0.508 e.